The van der Waals surface area contributed by atoms with E-state index in [9.17, 15) is 8.42 Å². The number of hydrogen-bond acceptors (Lipinski definition) is 3. The highest BCUT2D eigenvalue weighted by atomic mass is 32.2. The molecule has 0 saturated heterocycles. The van der Waals surface area contributed by atoms with E-state index in [2.05, 4.69) is 22.0 Å². The number of rotatable bonds is 8. The van der Waals surface area contributed by atoms with Gasteiger partial charge in [0.15, 0.2) is 0 Å². The van der Waals surface area contributed by atoms with Crippen molar-refractivity contribution in [3.05, 3.63) is 59.7 Å². The molecule has 0 spiro atoms. The van der Waals surface area contributed by atoms with Crippen LogP contribution in [0.1, 0.15) is 56.6 Å². The van der Waals surface area contributed by atoms with Gasteiger partial charge in [0.25, 0.3) is 10.0 Å². The van der Waals surface area contributed by atoms with Crippen LogP contribution in [0.15, 0.2) is 57.8 Å². The normalized spacial score (nSPS) is 16.8. The molecule has 1 aliphatic rings. The van der Waals surface area contributed by atoms with Gasteiger partial charge in [-0.15, -0.1) is 4.40 Å². The quantitative estimate of drug-likeness (QED) is 0.411. The van der Waals surface area contributed by atoms with Gasteiger partial charge in [0.2, 0.25) is 5.96 Å². The van der Waals surface area contributed by atoms with Gasteiger partial charge in [-0.25, -0.2) is 0 Å². The Morgan fingerprint density at radius 2 is 1.77 bits per heavy atom. The zero-order valence-corrected chi connectivity index (χ0v) is 19.3. The van der Waals surface area contributed by atoms with Crippen molar-refractivity contribution in [1.29, 1.82) is 0 Å². The second-order valence-electron chi connectivity index (χ2n) is 8.57. The Balaban J connectivity index is 1.62. The predicted octanol–water partition coefficient (Wildman–Crippen LogP) is 4.56. The maximum atomic E-state index is 12.5. The summed E-state index contributed by atoms with van der Waals surface area (Å²) in [7, 11) is -3.87. The Morgan fingerprint density at radius 3 is 2.48 bits per heavy atom. The highest BCUT2D eigenvalue weighted by molar-refractivity contribution is 7.90. The molecule has 2 aromatic carbocycles. The molecule has 0 aliphatic heterocycles. The lowest BCUT2D eigenvalue weighted by Gasteiger charge is -2.25. The van der Waals surface area contributed by atoms with Crippen LogP contribution in [0.2, 0.25) is 0 Å². The minimum atomic E-state index is -3.87. The van der Waals surface area contributed by atoms with E-state index in [1.807, 2.05) is 31.2 Å². The Hall–Kier alpha value is -2.38. The molecule has 0 aromatic heterocycles. The van der Waals surface area contributed by atoms with Crippen molar-refractivity contribution >= 4 is 21.7 Å². The molecule has 6 nitrogen and oxygen atoms in total. The van der Waals surface area contributed by atoms with Crippen molar-refractivity contribution in [1.82, 2.24) is 5.32 Å². The van der Waals surface area contributed by atoms with E-state index in [0.717, 1.165) is 22.7 Å². The standard InChI is InChI=1S/C24H34N4O2S/c1-18-12-14-22(15-13-18)31(29,30)28-24(25)27-23-11-7-6-10-21(23)17-26-19(2)16-20-8-4-3-5-9-20/h6-7,10-15,19-20,26H,3-5,8-9,16-17H2,1-2H3,(H3,25,27,28). The molecule has 4 N–H and O–H groups in total. The number of para-hydroxylation sites is 1. The Morgan fingerprint density at radius 1 is 1.10 bits per heavy atom. The van der Waals surface area contributed by atoms with Crippen LogP contribution in [0, 0.1) is 12.8 Å². The first-order valence-corrected chi connectivity index (χ1v) is 12.5. The monoisotopic (exact) mass is 442 g/mol. The number of guanidine groups is 1. The Labute approximate surface area is 186 Å². The molecular weight excluding hydrogens is 408 g/mol. The van der Waals surface area contributed by atoms with E-state index in [-0.39, 0.29) is 10.9 Å². The van der Waals surface area contributed by atoms with Gasteiger partial charge in [0, 0.05) is 18.3 Å². The average molecular weight is 443 g/mol. The zero-order chi connectivity index (χ0) is 22.3. The van der Waals surface area contributed by atoms with E-state index in [1.165, 1.54) is 50.7 Å². The molecule has 7 heteroatoms. The van der Waals surface area contributed by atoms with Crippen molar-refractivity contribution in [2.45, 2.75) is 69.9 Å². The molecule has 1 atom stereocenters. The largest absolute Gasteiger partial charge is 0.369 e. The number of sulfonamides is 1. The summed E-state index contributed by atoms with van der Waals surface area (Å²) in [5.74, 6) is 0.669. The van der Waals surface area contributed by atoms with Crippen molar-refractivity contribution in [2.24, 2.45) is 16.0 Å². The molecule has 1 fully saturated rings. The molecule has 0 radical (unpaired) electrons. The summed E-state index contributed by atoms with van der Waals surface area (Å²) in [6.07, 6.45) is 7.95. The second-order valence-corrected chi connectivity index (χ2v) is 10.2. The van der Waals surface area contributed by atoms with Gasteiger partial charge in [-0.05, 0) is 49.9 Å². The fourth-order valence-electron chi connectivity index (χ4n) is 4.14. The summed E-state index contributed by atoms with van der Waals surface area (Å²) in [5, 5.41) is 6.56. The van der Waals surface area contributed by atoms with Crippen LogP contribution >= 0.6 is 0 Å². The second kappa shape index (κ2) is 10.8. The van der Waals surface area contributed by atoms with Crippen LogP contribution in [0.5, 0.6) is 0 Å². The number of anilines is 1. The molecule has 168 valence electrons. The van der Waals surface area contributed by atoms with E-state index in [4.69, 9.17) is 5.73 Å². The predicted molar refractivity (Wildman–Crippen MR) is 128 cm³/mol. The van der Waals surface area contributed by atoms with E-state index < -0.39 is 10.0 Å². The molecule has 1 aliphatic carbocycles. The summed E-state index contributed by atoms with van der Waals surface area (Å²) in [4.78, 5) is 0.120. The van der Waals surface area contributed by atoms with Crippen molar-refractivity contribution in [2.75, 3.05) is 5.32 Å². The Kier molecular flexibility index (Phi) is 8.09. The maximum Gasteiger partial charge on any atom is 0.285 e. The minimum absolute atomic E-state index is 0.120. The van der Waals surface area contributed by atoms with E-state index in [1.54, 1.807) is 12.1 Å². The van der Waals surface area contributed by atoms with Gasteiger partial charge in [-0.1, -0.05) is 68.0 Å². The summed E-state index contributed by atoms with van der Waals surface area (Å²) in [6.45, 7) is 4.81. The number of benzene rings is 2. The number of nitrogens with two attached hydrogens (primary N) is 1. The first-order chi connectivity index (χ1) is 14.8. The SMILES string of the molecule is Cc1ccc(S(=O)(=O)/N=C(\N)Nc2ccccc2CNC(C)CC2CCCCC2)cc1. The van der Waals surface area contributed by atoms with Crippen LogP contribution in [-0.4, -0.2) is 20.4 Å². The summed E-state index contributed by atoms with van der Waals surface area (Å²) < 4.78 is 28.8. The molecular formula is C24H34N4O2S. The fourth-order valence-corrected chi connectivity index (χ4v) is 5.03. The number of hydrogen-bond donors (Lipinski definition) is 3. The first kappa shape index (κ1) is 23.3. The van der Waals surface area contributed by atoms with Gasteiger partial charge in [0.1, 0.15) is 0 Å². The summed E-state index contributed by atoms with van der Waals surface area (Å²) in [5.41, 5.74) is 8.69. The minimum Gasteiger partial charge on any atom is -0.369 e. The molecule has 3 rings (SSSR count). The highest BCUT2D eigenvalue weighted by Gasteiger charge is 2.17. The molecule has 2 aromatic rings. The van der Waals surface area contributed by atoms with Gasteiger partial charge in [0.05, 0.1) is 4.90 Å². The lowest BCUT2D eigenvalue weighted by atomic mass is 9.85. The summed E-state index contributed by atoms with van der Waals surface area (Å²) in [6, 6.07) is 14.7. The van der Waals surface area contributed by atoms with Crippen LogP contribution < -0.4 is 16.4 Å². The zero-order valence-electron chi connectivity index (χ0n) is 18.5. The van der Waals surface area contributed by atoms with Gasteiger partial charge < -0.3 is 16.4 Å². The third-order valence-electron chi connectivity index (χ3n) is 5.87. The molecule has 1 saturated carbocycles. The molecule has 0 amide bonds. The van der Waals surface area contributed by atoms with Gasteiger partial charge in [-0.3, -0.25) is 0 Å². The first-order valence-electron chi connectivity index (χ1n) is 11.1. The van der Waals surface area contributed by atoms with Crippen molar-refractivity contribution in [3.63, 3.8) is 0 Å². The smallest absolute Gasteiger partial charge is 0.285 e. The fraction of sp³-hybridized carbons (Fsp3) is 0.458. The molecule has 0 heterocycles. The number of nitrogens with one attached hydrogen (secondary N) is 2. The topological polar surface area (TPSA) is 96.6 Å². The number of aryl methyl sites for hydroxylation is 1. The van der Waals surface area contributed by atoms with Crippen LogP contribution in [0.4, 0.5) is 5.69 Å². The lowest BCUT2D eigenvalue weighted by molar-refractivity contribution is 0.305. The molecule has 31 heavy (non-hydrogen) atoms. The van der Waals surface area contributed by atoms with Crippen molar-refractivity contribution in [3.8, 4) is 0 Å². The average Bonchev–Trinajstić information content (AvgIpc) is 2.74. The van der Waals surface area contributed by atoms with Gasteiger partial charge in [-0.2, -0.15) is 8.42 Å². The third-order valence-corrected chi connectivity index (χ3v) is 7.18. The van der Waals surface area contributed by atoms with Crippen LogP contribution in [-0.2, 0) is 16.6 Å². The van der Waals surface area contributed by atoms with Crippen molar-refractivity contribution < 1.29 is 8.42 Å². The van der Waals surface area contributed by atoms with E-state index >= 15 is 0 Å². The van der Waals surface area contributed by atoms with Gasteiger partial charge >= 0.3 is 0 Å². The molecule has 0 bridgehead atoms. The van der Waals surface area contributed by atoms with E-state index in [0.29, 0.717) is 12.6 Å². The maximum absolute atomic E-state index is 12.5. The van der Waals surface area contributed by atoms with Crippen LogP contribution in [0.25, 0.3) is 0 Å². The number of nitrogens with zero attached hydrogens (tertiary/aromatic N) is 1. The Bertz CT molecular complexity index is 981. The third kappa shape index (κ3) is 7.08. The highest BCUT2D eigenvalue weighted by Crippen LogP contribution is 2.27. The molecule has 1 unspecified atom stereocenters. The lowest BCUT2D eigenvalue weighted by Crippen LogP contribution is -2.29. The summed E-state index contributed by atoms with van der Waals surface area (Å²) >= 11 is 0. The van der Waals surface area contributed by atoms with Crippen LogP contribution in [0.3, 0.4) is 0 Å².